The number of rotatable bonds is 4. The van der Waals surface area contributed by atoms with E-state index in [2.05, 4.69) is 21.5 Å². The van der Waals surface area contributed by atoms with Gasteiger partial charge in [0.05, 0.1) is 18.5 Å². The number of nitrogens with one attached hydrogen (secondary N) is 1. The van der Waals surface area contributed by atoms with Crippen molar-refractivity contribution in [3.05, 3.63) is 11.7 Å². The molecule has 0 radical (unpaired) electrons. The standard InChI is InChI=1S/C12H16N4O/c13-6-9-2-1-3-10(9)14-7-11-15-12(16-17-11)8-4-5-8/h8-10,14H,1-5,7H2/t9-,10+/m1/s1. The quantitative estimate of drug-likeness (QED) is 0.855. The summed E-state index contributed by atoms with van der Waals surface area (Å²) in [7, 11) is 0. The summed E-state index contributed by atoms with van der Waals surface area (Å²) >= 11 is 0. The van der Waals surface area contributed by atoms with Crippen LogP contribution in [-0.4, -0.2) is 16.2 Å². The van der Waals surface area contributed by atoms with Crippen molar-refractivity contribution in [3.63, 3.8) is 0 Å². The van der Waals surface area contributed by atoms with Crippen molar-refractivity contribution >= 4 is 0 Å². The molecule has 2 fully saturated rings. The van der Waals surface area contributed by atoms with E-state index in [9.17, 15) is 0 Å². The van der Waals surface area contributed by atoms with Crippen LogP contribution in [0.1, 0.15) is 49.7 Å². The molecular formula is C12H16N4O. The van der Waals surface area contributed by atoms with Gasteiger partial charge in [-0.05, 0) is 25.7 Å². The first-order valence-corrected chi connectivity index (χ1v) is 6.32. The average molecular weight is 232 g/mol. The summed E-state index contributed by atoms with van der Waals surface area (Å²) in [6.45, 7) is 0.586. The zero-order valence-electron chi connectivity index (χ0n) is 9.72. The molecule has 0 saturated heterocycles. The normalized spacial score (nSPS) is 28.2. The summed E-state index contributed by atoms with van der Waals surface area (Å²) in [5, 5.41) is 16.3. The third kappa shape index (κ3) is 2.32. The molecule has 17 heavy (non-hydrogen) atoms. The van der Waals surface area contributed by atoms with E-state index < -0.39 is 0 Å². The number of nitrogens with zero attached hydrogens (tertiary/aromatic N) is 3. The van der Waals surface area contributed by atoms with Crippen molar-refractivity contribution in [1.82, 2.24) is 15.5 Å². The van der Waals surface area contributed by atoms with Gasteiger partial charge in [0.2, 0.25) is 5.89 Å². The highest BCUT2D eigenvalue weighted by Crippen LogP contribution is 2.38. The highest BCUT2D eigenvalue weighted by molar-refractivity contribution is 5.03. The Labute approximate surface area is 100 Å². The lowest BCUT2D eigenvalue weighted by molar-refractivity contribution is 0.346. The molecule has 2 aliphatic carbocycles. The van der Waals surface area contributed by atoms with Crippen LogP contribution >= 0.6 is 0 Å². The molecule has 5 nitrogen and oxygen atoms in total. The molecular weight excluding hydrogens is 216 g/mol. The van der Waals surface area contributed by atoms with Crippen LogP contribution in [0.25, 0.3) is 0 Å². The van der Waals surface area contributed by atoms with Gasteiger partial charge in [-0.2, -0.15) is 10.2 Å². The van der Waals surface area contributed by atoms with E-state index in [1.807, 2.05) is 0 Å². The third-order valence-electron chi connectivity index (χ3n) is 3.62. The summed E-state index contributed by atoms with van der Waals surface area (Å²) in [4.78, 5) is 4.36. The van der Waals surface area contributed by atoms with Gasteiger partial charge in [-0.25, -0.2) is 0 Å². The molecule has 90 valence electrons. The summed E-state index contributed by atoms with van der Waals surface area (Å²) in [6.07, 6.45) is 5.58. The van der Waals surface area contributed by atoms with E-state index in [4.69, 9.17) is 9.78 Å². The minimum absolute atomic E-state index is 0.140. The number of aromatic nitrogens is 2. The second-order valence-corrected chi connectivity index (χ2v) is 4.97. The van der Waals surface area contributed by atoms with Crippen LogP contribution < -0.4 is 5.32 Å². The van der Waals surface area contributed by atoms with Gasteiger partial charge in [0, 0.05) is 12.0 Å². The first-order chi connectivity index (χ1) is 8.36. The van der Waals surface area contributed by atoms with E-state index in [1.165, 1.54) is 12.8 Å². The molecule has 5 heteroatoms. The smallest absolute Gasteiger partial charge is 0.240 e. The van der Waals surface area contributed by atoms with Crippen LogP contribution in [0.2, 0.25) is 0 Å². The molecule has 0 bridgehead atoms. The summed E-state index contributed by atoms with van der Waals surface area (Å²) in [6, 6.07) is 2.64. The Balaban J connectivity index is 1.54. The predicted octanol–water partition coefficient (Wildman–Crippen LogP) is 1.73. The van der Waals surface area contributed by atoms with Crippen molar-refractivity contribution in [3.8, 4) is 6.07 Å². The van der Waals surface area contributed by atoms with Gasteiger partial charge in [-0.1, -0.05) is 11.6 Å². The molecule has 0 spiro atoms. The zero-order valence-corrected chi connectivity index (χ0v) is 9.72. The second kappa shape index (κ2) is 4.46. The van der Waals surface area contributed by atoms with Crippen molar-refractivity contribution in [2.45, 2.75) is 50.6 Å². The van der Waals surface area contributed by atoms with E-state index in [-0.39, 0.29) is 12.0 Å². The molecule has 0 aromatic carbocycles. The van der Waals surface area contributed by atoms with Crippen LogP contribution in [-0.2, 0) is 6.54 Å². The maximum atomic E-state index is 8.98. The maximum absolute atomic E-state index is 8.98. The van der Waals surface area contributed by atoms with Crippen LogP contribution in [0.3, 0.4) is 0 Å². The lowest BCUT2D eigenvalue weighted by Crippen LogP contribution is -2.31. The van der Waals surface area contributed by atoms with Crippen LogP contribution in [0.5, 0.6) is 0 Å². The Bertz CT molecular complexity index is 432. The largest absolute Gasteiger partial charge is 0.338 e. The second-order valence-electron chi connectivity index (χ2n) is 4.97. The number of hydrogen-bond acceptors (Lipinski definition) is 5. The van der Waals surface area contributed by atoms with Gasteiger partial charge in [0.15, 0.2) is 5.82 Å². The Hall–Kier alpha value is -1.41. The third-order valence-corrected chi connectivity index (χ3v) is 3.62. The van der Waals surface area contributed by atoms with E-state index in [0.717, 1.165) is 25.1 Å². The maximum Gasteiger partial charge on any atom is 0.240 e. The Morgan fingerprint density at radius 2 is 2.24 bits per heavy atom. The minimum Gasteiger partial charge on any atom is -0.338 e. The lowest BCUT2D eigenvalue weighted by Gasteiger charge is -2.13. The molecule has 1 heterocycles. The molecule has 3 rings (SSSR count). The van der Waals surface area contributed by atoms with Gasteiger partial charge in [0.1, 0.15) is 0 Å². The average Bonchev–Trinajstić information content (AvgIpc) is 2.93. The zero-order chi connectivity index (χ0) is 11.7. The van der Waals surface area contributed by atoms with Crippen molar-refractivity contribution < 1.29 is 4.52 Å². The van der Waals surface area contributed by atoms with Crippen molar-refractivity contribution in [1.29, 1.82) is 5.26 Å². The Kier molecular flexibility index (Phi) is 2.81. The Morgan fingerprint density at radius 1 is 1.35 bits per heavy atom. The van der Waals surface area contributed by atoms with Crippen LogP contribution in [0.4, 0.5) is 0 Å². The van der Waals surface area contributed by atoms with Gasteiger partial charge in [-0.3, -0.25) is 0 Å². The van der Waals surface area contributed by atoms with E-state index >= 15 is 0 Å². The van der Waals surface area contributed by atoms with Crippen LogP contribution in [0, 0.1) is 17.2 Å². The van der Waals surface area contributed by atoms with Crippen LogP contribution in [0.15, 0.2) is 4.52 Å². The lowest BCUT2D eigenvalue weighted by atomic mass is 10.1. The highest BCUT2D eigenvalue weighted by atomic mass is 16.5. The highest BCUT2D eigenvalue weighted by Gasteiger charge is 2.30. The molecule has 1 aromatic rings. The fraction of sp³-hybridized carbons (Fsp3) is 0.750. The van der Waals surface area contributed by atoms with Gasteiger partial charge in [-0.15, -0.1) is 0 Å². The molecule has 2 atom stereocenters. The topological polar surface area (TPSA) is 74.7 Å². The molecule has 2 aliphatic rings. The first kappa shape index (κ1) is 10.7. The van der Waals surface area contributed by atoms with Gasteiger partial charge >= 0.3 is 0 Å². The van der Waals surface area contributed by atoms with Gasteiger partial charge in [0.25, 0.3) is 0 Å². The van der Waals surface area contributed by atoms with E-state index in [0.29, 0.717) is 18.4 Å². The Morgan fingerprint density at radius 3 is 3.00 bits per heavy atom. The molecule has 0 aliphatic heterocycles. The van der Waals surface area contributed by atoms with E-state index in [1.54, 1.807) is 0 Å². The van der Waals surface area contributed by atoms with Crippen molar-refractivity contribution in [2.24, 2.45) is 5.92 Å². The SMILES string of the molecule is N#C[C@H]1CCC[C@@H]1NCc1nc(C2CC2)no1. The summed E-state index contributed by atoms with van der Waals surface area (Å²) < 4.78 is 5.19. The number of hydrogen-bond donors (Lipinski definition) is 1. The van der Waals surface area contributed by atoms with Gasteiger partial charge < -0.3 is 9.84 Å². The minimum atomic E-state index is 0.140. The summed E-state index contributed by atoms with van der Waals surface area (Å²) in [5.41, 5.74) is 0. The predicted molar refractivity (Wildman–Crippen MR) is 59.9 cm³/mol. The number of nitriles is 1. The monoisotopic (exact) mass is 232 g/mol. The molecule has 1 aromatic heterocycles. The molecule has 0 unspecified atom stereocenters. The van der Waals surface area contributed by atoms with Crippen molar-refractivity contribution in [2.75, 3.05) is 0 Å². The fourth-order valence-corrected chi connectivity index (χ4v) is 2.42. The first-order valence-electron chi connectivity index (χ1n) is 6.32. The molecule has 1 N–H and O–H groups in total. The molecule has 0 amide bonds. The summed E-state index contributed by atoms with van der Waals surface area (Å²) in [5.74, 6) is 2.17. The molecule has 2 saturated carbocycles. The fourth-order valence-electron chi connectivity index (χ4n) is 2.42.